The SMILES string of the molecule is CC(=O)NC1(C)CCC(Nc2c(C(N)=O)cnn3cccc23)C1(C)C. The van der Waals surface area contributed by atoms with Crippen molar-refractivity contribution in [3.05, 3.63) is 30.1 Å². The largest absolute Gasteiger partial charge is 0.379 e. The number of hydrogen-bond donors (Lipinski definition) is 3. The molecule has 2 unspecified atom stereocenters. The summed E-state index contributed by atoms with van der Waals surface area (Å²) < 4.78 is 1.71. The molecule has 0 radical (unpaired) electrons. The lowest BCUT2D eigenvalue weighted by atomic mass is 9.74. The molecule has 0 saturated heterocycles. The van der Waals surface area contributed by atoms with Crippen molar-refractivity contribution >= 4 is 23.0 Å². The summed E-state index contributed by atoms with van der Waals surface area (Å²) in [6.07, 6.45) is 5.04. The Morgan fingerprint density at radius 3 is 2.72 bits per heavy atom. The van der Waals surface area contributed by atoms with Crippen molar-refractivity contribution in [3.8, 4) is 0 Å². The first-order valence-electron chi connectivity index (χ1n) is 8.47. The van der Waals surface area contributed by atoms with Crippen LogP contribution in [0.1, 0.15) is 50.9 Å². The van der Waals surface area contributed by atoms with Crippen molar-refractivity contribution < 1.29 is 9.59 Å². The molecule has 1 aliphatic carbocycles. The maximum absolute atomic E-state index is 11.9. The van der Waals surface area contributed by atoms with Crippen LogP contribution >= 0.6 is 0 Å². The van der Waals surface area contributed by atoms with Crippen LogP contribution in [0.3, 0.4) is 0 Å². The van der Waals surface area contributed by atoms with Crippen molar-refractivity contribution in [3.63, 3.8) is 0 Å². The number of carbonyl (C=O) groups excluding carboxylic acids is 2. The van der Waals surface area contributed by atoms with Crippen LogP contribution in [0.25, 0.3) is 5.52 Å². The Kier molecular flexibility index (Phi) is 3.97. The van der Waals surface area contributed by atoms with Crippen LogP contribution in [-0.2, 0) is 4.79 Å². The first-order chi connectivity index (χ1) is 11.7. The van der Waals surface area contributed by atoms with Crippen LogP contribution in [0.2, 0.25) is 0 Å². The second-order valence-electron chi connectivity index (χ2n) is 7.61. The fraction of sp³-hybridized carbons (Fsp3) is 0.500. The monoisotopic (exact) mass is 343 g/mol. The van der Waals surface area contributed by atoms with E-state index in [4.69, 9.17) is 5.73 Å². The smallest absolute Gasteiger partial charge is 0.252 e. The number of primary amides is 1. The molecule has 4 N–H and O–H groups in total. The van der Waals surface area contributed by atoms with Gasteiger partial charge in [-0.05, 0) is 31.9 Å². The summed E-state index contributed by atoms with van der Waals surface area (Å²) in [5.41, 5.74) is 6.87. The molecular weight excluding hydrogens is 318 g/mol. The Hall–Kier alpha value is -2.57. The molecule has 2 heterocycles. The van der Waals surface area contributed by atoms with Gasteiger partial charge < -0.3 is 16.4 Å². The Balaban J connectivity index is 1.99. The maximum Gasteiger partial charge on any atom is 0.252 e. The van der Waals surface area contributed by atoms with Gasteiger partial charge in [0.1, 0.15) is 0 Å². The second-order valence-corrected chi connectivity index (χ2v) is 7.61. The zero-order chi connectivity index (χ0) is 18.4. The quantitative estimate of drug-likeness (QED) is 0.789. The standard InChI is InChI=1S/C18H25N5O2/c1-11(24)22-18(4)8-7-14(17(18,2)3)21-15-12(16(19)25)10-20-23-9-5-6-13(15)23/h5-6,9-10,14,21H,7-8H2,1-4H3,(H2,19,25)(H,22,24). The van der Waals surface area contributed by atoms with Gasteiger partial charge in [-0.15, -0.1) is 0 Å². The van der Waals surface area contributed by atoms with Crippen LogP contribution in [0.4, 0.5) is 5.69 Å². The van der Waals surface area contributed by atoms with E-state index in [2.05, 4.69) is 36.5 Å². The Bertz CT molecular complexity index is 841. The number of amides is 2. The van der Waals surface area contributed by atoms with E-state index in [-0.39, 0.29) is 22.9 Å². The van der Waals surface area contributed by atoms with Gasteiger partial charge in [0.05, 0.1) is 23.0 Å². The number of rotatable bonds is 4. The highest BCUT2D eigenvalue weighted by Gasteiger charge is 2.52. The van der Waals surface area contributed by atoms with Gasteiger partial charge in [-0.2, -0.15) is 5.10 Å². The Morgan fingerprint density at radius 2 is 2.08 bits per heavy atom. The van der Waals surface area contributed by atoms with E-state index in [0.29, 0.717) is 11.3 Å². The van der Waals surface area contributed by atoms with Gasteiger partial charge in [0.15, 0.2) is 0 Å². The zero-order valence-electron chi connectivity index (χ0n) is 15.1. The van der Waals surface area contributed by atoms with E-state index in [1.165, 1.54) is 6.20 Å². The number of fused-ring (bicyclic) bond motifs is 1. The lowest BCUT2D eigenvalue weighted by molar-refractivity contribution is -0.121. The van der Waals surface area contributed by atoms with Crippen molar-refractivity contribution in [2.75, 3.05) is 5.32 Å². The molecule has 2 atom stereocenters. The number of nitrogens with one attached hydrogen (secondary N) is 2. The van der Waals surface area contributed by atoms with Gasteiger partial charge in [-0.1, -0.05) is 13.8 Å². The Morgan fingerprint density at radius 1 is 1.36 bits per heavy atom. The summed E-state index contributed by atoms with van der Waals surface area (Å²) in [6.45, 7) is 7.88. The molecule has 1 aliphatic rings. The number of carbonyl (C=O) groups is 2. The number of nitrogens with zero attached hydrogens (tertiary/aromatic N) is 2. The molecule has 2 aromatic rings. The van der Waals surface area contributed by atoms with Crippen LogP contribution < -0.4 is 16.4 Å². The molecule has 3 rings (SSSR count). The van der Waals surface area contributed by atoms with Gasteiger partial charge in [0, 0.05) is 30.1 Å². The third-order valence-corrected chi connectivity index (χ3v) is 5.83. The first-order valence-corrected chi connectivity index (χ1v) is 8.47. The van der Waals surface area contributed by atoms with E-state index in [9.17, 15) is 9.59 Å². The summed E-state index contributed by atoms with van der Waals surface area (Å²) >= 11 is 0. The maximum atomic E-state index is 11.9. The molecule has 1 saturated carbocycles. The number of anilines is 1. The predicted molar refractivity (Wildman–Crippen MR) is 96.4 cm³/mol. The number of hydrogen-bond acceptors (Lipinski definition) is 4. The fourth-order valence-electron chi connectivity index (χ4n) is 3.87. The number of nitrogens with two attached hydrogens (primary N) is 1. The molecule has 0 spiro atoms. The molecule has 1 fully saturated rings. The highest BCUT2D eigenvalue weighted by Crippen LogP contribution is 2.47. The topological polar surface area (TPSA) is 102 Å². The summed E-state index contributed by atoms with van der Waals surface area (Å²) in [5, 5.41) is 10.9. The molecule has 0 aliphatic heterocycles. The highest BCUT2D eigenvalue weighted by atomic mass is 16.1. The average molecular weight is 343 g/mol. The molecular formula is C18H25N5O2. The lowest BCUT2D eigenvalue weighted by Crippen LogP contribution is -2.55. The minimum absolute atomic E-state index is 0.0352. The molecule has 0 aromatic carbocycles. The molecule has 134 valence electrons. The molecule has 25 heavy (non-hydrogen) atoms. The van der Waals surface area contributed by atoms with Gasteiger partial charge >= 0.3 is 0 Å². The minimum atomic E-state index is -0.515. The normalized spacial score (nSPS) is 25.0. The van der Waals surface area contributed by atoms with Crippen molar-refractivity contribution in [1.82, 2.24) is 14.9 Å². The third kappa shape index (κ3) is 2.73. The van der Waals surface area contributed by atoms with E-state index in [1.54, 1.807) is 11.4 Å². The van der Waals surface area contributed by atoms with Crippen molar-refractivity contribution in [2.45, 2.75) is 52.1 Å². The third-order valence-electron chi connectivity index (χ3n) is 5.83. The van der Waals surface area contributed by atoms with Crippen LogP contribution in [0.15, 0.2) is 24.5 Å². The summed E-state index contributed by atoms with van der Waals surface area (Å²) in [5.74, 6) is -0.550. The van der Waals surface area contributed by atoms with Crippen molar-refractivity contribution in [1.29, 1.82) is 0 Å². The minimum Gasteiger partial charge on any atom is -0.379 e. The predicted octanol–water partition coefficient (Wildman–Crippen LogP) is 1.93. The van der Waals surface area contributed by atoms with Gasteiger partial charge in [0.2, 0.25) is 5.91 Å². The van der Waals surface area contributed by atoms with Crippen LogP contribution in [0, 0.1) is 5.41 Å². The number of aromatic nitrogens is 2. The summed E-state index contributed by atoms with van der Waals surface area (Å²) in [4.78, 5) is 23.5. The molecule has 2 amide bonds. The molecule has 2 aromatic heterocycles. The second kappa shape index (κ2) is 5.75. The zero-order valence-corrected chi connectivity index (χ0v) is 15.1. The Labute approximate surface area is 147 Å². The van der Waals surface area contributed by atoms with E-state index in [1.807, 2.05) is 18.3 Å². The van der Waals surface area contributed by atoms with Crippen molar-refractivity contribution in [2.24, 2.45) is 11.1 Å². The van der Waals surface area contributed by atoms with Crippen LogP contribution in [0.5, 0.6) is 0 Å². The summed E-state index contributed by atoms with van der Waals surface area (Å²) in [7, 11) is 0. The highest BCUT2D eigenvalue weighted by molar-refractivity contribution is 6.01. The molecule has 7 nitrogen and oxygen atoms in total. The van der Waals surface area contributed by atoms with E-state index < -0.39 is 5.91 Å². The summed E-state index contributed by atoms with van der Waals surface area (Å²) in [6, 6.07) is 3.85. The molecule has 0 bridgehead atoms. The average Bonchev–Trinajstić information content (AvgIpc) is 3.05. The lowest BCUT2D eigenvalue weighted by Gasteiger charge is -2.42. The fourth-order valence-corrected chi connectivity index (χ4v) is 3.87. The van der Waals surface area contributed by atoms with Gasteiger partial charge in [-0.3, -0.25) is 9.59 Å². The van der Waals surface area contributed by atoms with Crippen LogP contribution in [-0.4, -0.2) is 33.0 Å². The van der Waals surface area contributed by atoms with Gasteiger partial charge in [-0.25, -0.2) is 4.52 Å². The molecule has 7 heteroatoms. The van der Waals surface area contributed by atoms with E-state index in [0.717, 1.165) is 18.4 Å². The van der Waals surface area contributed by atoms with Gasteiger partial charge in [0.25, 0.3) is 5.91 Å². The first kappa shape index (κ1) is 17.3. The van der Waals surface area contributed by atoms with E-state index >= 15 is 0 Å².